The Labute approximate surface area is 145 Å². The van der Waals surface area contributed by atoms with Crippen molar-refractivity contribution in [3.63, 3.8) is 0 Å². The van der Waals surface area contributed by atoms with Crippen LogP contribution in [0, 0.1) is 0 Å². The zero-order valence-electron chi connectivity index (χ0n) is 14.7. The third-order valence-corrected chi connectivity index (χ3v) is 4.47. The summed E-state index contributed by atoms with van der Waals surface area (Å²) in [7, 11) is 6.10. The molecule has 3 N–H and O–H groups in total. The minimum absolute atomic E-state index is 0.228. The van der Waals surface area contributed by atoms with Crippen LogP contribution in [0.4, 0.5) is 0 Å². The highest BCUT2D eigenvalue weighted by Gasteiger charge is 2.39. The van der Waals surface area contributed by atoms with Crippen molar-refractivity contribution in [1.29, 1.82) is 0 Å². The normalized spacial score (nSPS) is 19.0. The zero-order chi connectivity index (χ0) is 18.0. The summed E-state index contributed by atoms with van der Waals surface area (Å²) in [4.78, 5) is 19.7. The number of quaternary nitrogens is 1. The van der Waals surface area contributed by atoms with Gasteiger partial charge in [0.15, 0.2) is 23.6 Å². The standard InChI is InChI=1S/C17H21N3O5/c1-22-12-6-5-9(15(23-2)16(12)24-3)13-14-10(18-8-19-14)7-11(20-13)17(21)25-4/h5-6,8,11,13,20H,7H2,1-4H3,(H,18,19)/p+1. The third-order valence-electron chi connectivity index (χ3n) is 4.47. The van der Waals surface area contributed by atoms with Gasteiger partial charge in [-0.3, -0.25) is 0 Å². The fourth-order valence-electron chi connectivity index (χ4n) is 3.31. The van der Waals surface area contributed by atoms with Crippen LogP contribution in [-0.2, 0) is 16.0 Å². The van der Waals surface area contributed by atoms with Gasteiger partial charge >= 0.3 is 5.97 Å². The quantitative estimate of drug-likeness (QED) is 0.748. The molecule has 0 spiro atoms. The summed E-state index contributed by atoms with van der Waals surface area (Å²) in [5, 5.41) is 1.94. The van der Waals surface area contributed by atoms with Gasteiger partial charge in [-0.1, -0.05) is 0 Å². The van der Waals surface area contributed by atoms with E-state index in [1.807, 2.05) is 17.4 Å². The maximum atomic E-state index is 12.1. The molecule has 2 aromatic rings. The van der Waals surface area contributed by atoms with Crippen molar-refractivity contribution >= 4 is 5.97 Å². The second-order valence-corrected chi connectivity index (χ2v) is 5.69. The molecule has 2 unspecified atom stereocenters. The molecule has 0 aliphatic carbocycles. The SMILES string of the molecule is COC(=O)C1Cc2[nH]cnc2C(c2ccc(OC)c(OC)c2OC)[NH2+]1. The van der Waals surface area contributed by atoms with E-state index in [1.165, 1.54) is 7.11 Å². The predicted molar refractivity (Wildman–Crippen MR) is 88.0 cm³/mol. The van der Waals surface area contributed by atoms with Crippen molar-refractivity contribution in [3.8, 4) is 17.2 Å². The van der Waals surface area contributed by atoms with E-state index in [4.69, 9.17) is 18.9 Å². The van der Waals surface area contributed by atoms with Crippen LogP contribution in [-0.4, -0.2) is 50.4 Å². The van der Waals surface area contributed by atoms with E-state index in [9.17, 15) is 4.79 Å². The molecule has 2 atom stereocenters. The van der Waals surface area contributed by atoms with Crippen molar-refractivity contribution in [3.05, 3.63) is 35.4 Å². The number of hydrogen-bond acceptors (Lipinski definition) is 6. The highest BCUT2D eigenvalue weighted by Crippen LogP contribution is 2.43. The number of esters is 1. The van der Waals surface area contributed by atoms with Crippen molar-refractivity contribution in [2.75, 3.05) is 28.4 Å². The average Bonchev–Trinajstić information content (AvgIpc) is 3.13. The fraction of sp³-hybridized carbons (Fsp3) is 0.412. The van der Waals surface area contributed by atoms with E-state index < -0.39 is 0 Å². The van der Waals surface area contributed by atoms with Gasteiger partial charge in [-0.05, 0) is 12.1 Å². The Morgan fingerprint density at radius 2 is 1.92 bits per heavy atom. The highest BCUT2D eigenvalue weighted by molar-refractivity contribution is 5.74. The molecular formula is C17H22N3O5+. The van der Waals surface area contributed by atoms with Gasteiger partial charge in [-0.15, -0.1) is 0 Å². The number of rotatable bonds is 5. The number of aromatic amines is 1. The van der Waals surface area contributed by atoms with Crippen LogP contribution in [0.15, 0.2) is 18.5 Å². The van der Waals surface area contributed by atoms with Gasteiger partial charge in [-0.25, -0.2) is 9.78 Å². The average molecular weight is 348 g/mol. The summed E-state index contributed by atoms with van der Waals surface area (Å²) < 4.78 is 21.3. The summed E-state index contributed by atoms with van der Waals surface area (Å²) in [6.45, 7) is 0. The number of nitrogens with one attached hydrogen (secondary N) is 1. The zero-order valence-corrected chi connectivity index (χ0v) is 14.7. The number of hydrogen-bond donors (Lipinski definition) is 2. The van der Waals surface area contributed by atoms with Crippen LogP contribution >= 0.6 is 0 Å². The van der Waals surface area contributed by atoms with Gasteiger partial charge in [-0.2, -0.15) is 0 Å². The first-order valence-electron chi connectivity index (χ1n) is 7.88. The number of nitrogens with zero attached hydrogens (tertiary/aromatic N) is 1. The number of nitrogens with two attached hydrogens (primary N) is 1. The molecule has 0 amide bonds. The molecule has 3 rings (SSSR count). The molecule has 0 fully saturated rings. The first-order valence-corrected chi connectivity index (χ1v) is 7.88. The number of methoxy groups -OCH3 is 4. The fourth-order valence-corrected chi connectivity index (χ4v) is 3.31. The number of H-pyrrole nitrogens is 1. The summed E-state index contributed by atoms with van der Waals surface area (Å²) in [5.74, 6) is 1.37. The van der Waals surface area contributed by atoms with Gasteiger partial charge in [0, 0.05) is 0 Å². The van der Waals surface area contributed by atoms with E-state index in [-0.39, 0.29) is 18.1 Å². The Bertz CT molecular complexity index is 774. The van der Waals surface area contributed by atoms with Crippen LogP contribution < -0.4 is 19.5 Å². The lowest BCUT2D eigenvalue weighted by molar-refractivity contribution is -0.712. The minimum atomic E-state index is -0.360. The summed E-state index contributed by atoms with van der Waals surface area (Å²) in [5.41, 5.74) is 2.63. The number of imidazole rings is 1. The molecule has 2 heterocycles. The maximum absolute atomic E-state index is 12.1. The van der Waals surface area contributed by atoms with Crippen LogP contribution in [0.1, 0.15) is 23.0 Å². The molecule has 1 aromatic heterocycles. The second kappa shape index (κ2) is 7.02. The third kappa shape index (κ3) is 2.89. The molecule has 1 aliphatic rings. The first-order chi connectivity index (χ1) is 12.1. The van der Waals surface area contributed by atoms with Crippen LogP contribution in [0.5, 0.6) is 17.2 Å². The Kier molecular flexibility index (Phi) is 4.80. The van der Waals surface area contributed by atoms with Gasteiger partial charge in [0.25, 0.3) is 0 Å². The van der Waals surface area contributed by atoms with E-state index in [1.54, 1.807) is 27.7 Å². The van der Waals surface area contributed by atoms with Crippen molar-refractivity contribution in [2.45, 2.75) is 18.5 Å². The number of aromatic nitrogens is 2. The second-order valence-electron chi connectivity index (χ2n) is 5.69. The molecule has 0 radical (unpaired) electrons. The molecule has 0 saturated carbocycles. The maximum Gasteiger partial charge on any atom is 0.365 e. The Balaban J connectivity index is 2.10. The van der Waals surface area contributed by atoms with Crippen LogP contribution in [0.3, 0.4) is 0 Å². The predicted octanol–water partition coefficient (Wildman–Crippen LogP) is 0.186. The monoisotopic (exact) mass is 348 g/mol. The Hall–Kier alpha value is -2.74. The molecule has 0 saturated heterocycles. The Morgan fingerprint density at radius 3 is 2.56 bits per heavy atom. The summed E-state index contributed by atoms with van der Waals surface area (Å²) in [6, 6.07) is 3.13. The summed E-state index contributed by atoms with van der Waals surface area (Å²) in [6.07, 6.45) is 2.17. The number of benzene rings is 1. The number of carbonyl (C=O) groups excluding carboxylic acids is 1. The lowest BCUT2D eigenvalue weighted by atomic mass is 9.93. The Morgan fingerprint density at radius 1 is 1.16 bits per heavy atom. The largest absolute Gasteiger partial charge is 0.493 e. The molecule has 8 nitrogen and oxygen atoms in total. The molecule has 134 valence electrons. The van der Waals surface area contributed by atoms with Crippen molar-refractivity contribution in [2.24, 2.45) is 0 Å². The topological polar surface area (TPSA) is 99.3 Å². The molecule has 0 bridgehead atoms. The van der Waals surface area contributed by atoms with Gasteiger partial charge < -0.3 is 29.2 Å². The van der Waals surface area contributed by atoms with E-state index in [0.717, 1.165) is 17.0 Å². The van der Waals surface area contributed by atoms with Gasteiger partial charge in [0.05, 0.1) is 52.4 Å². The van der Waals surface area contributed by atoms with E-state index in [0.29, 0.717) is 23.7 Å². The summed E-state index contributed by atoms with van der Waals surface area (Å²) >= 11 is 0. The minimum Gasteiger partial charge on any atom is -0.493 e. The molecule has 1 aromatic carbocycles. The number of ether oxygens (including phenoxy) is 4. The molecule has 25 heavy (non-hydrogen) atoms. The molecular weight excluding hydrogens is 326 g/mol. The van der Waals surface area contributed by atoms with E-state index >= 15 is 0 Å². The van der Waals surface area contributed by atoms with Crippen LogP contribution in [0.2, 0.25) is 0 Å². The van der Waals surface area contributed by atoms with Crippen molar-refractivity contribution in [1.82, 2.24) is 9.97 Å². The molecule has 1 aliphatic heterocycles. The lowest BCUT2D eigenvalue weighted by Crippen LogP contribution is -2.94. The van der Waals surface area contributed by atoms with Crippen molar-refractivity contribution < 1.29 is 29.1 Å². The lowest BCUT2D eigenvalue weighted by Gasteiger charge is -2.27. The molecule has 8 heteroatoms. The van der Waals surface area contributed by atoms with E-state index in [2.05, 4.69) is 9.97 Å². The van der Waals surface area contributed by atoms with Gasteiger partial charge in [0.1, 0.15) is 5.69 Å². The smallest absolute Gasteiger partial charge is 0.365 e. The first kappa shape index (κ1) is 17.1. The van der Waals surface area contributed by atoms with Gasteiger partial charge in [0.2, 0.25) is 5.75 Å². The van der Waals surface area contributed by atoms with Crippen LogP contribution in [0.25, 0.3) is 0 Å². The number of carbonyl (C=O) groups is 1. The highest BCUT2D eigenvalue weighted by atomic mass is 16.5. The number of fused-ring (bicyclic) bond motifs is 1.